The van der Waals surface area contributed by atoms with E-state index in [-0.39, 0.29) is 24.2 Å². The van der Waals surface area contributed by atoms with Gasteiger partial charge < -0.3 is 10.1 Å². The summed E-state index contributed by atoms with van der Waals surface area (Å²) in [5.41, 5.74) is 0.955. The van der Waals surface area contributed by atoms with E-state index in [4.69, 9.17) is 4.74 Å². The maximum atomic E-state index is 13.6. The van der Waals surface area contributed by atoms with E-state index >= 15 is 0 Å². The summed E-state index contributed by atoms with van der Waals surface area (Å²) in [5, 5.41) is 6.73. The lowest BCUT2D eigenvalue weighted by atomic mass is 10.1. The predicted molar refractivity (Wildman–Crippen MR) is 98.1 cm³/mol. The summed E-state index contributed by atoms with van der Waals surface area (Å²) >= 11 is 0. The monoisotopic (exact) mass is 369 g/mol. The lowest BCUT2D eigenvalue weighted by molar-refractivity contribution is -0.117. The average molecular weight is 369 g/mol. The molecule has 8 heteroatoms. The Hall–Kier alpha value is -3.00. The fourth-order valence-electron chi connectivity index (χ4n) is 3.17. The topological polar surface area (TPSA) is 71.8 Å². The van der Waals surface area contributed by atoms with Crippen molar-refractivity contribution in [1.29, 1.82) is 0 Å². The van der Waals surface area contributed by atoms with Gasteiger partial charge in [-0.25, -0.2) is 8.91 Å². The number of hydrogen-bond donors (Lipinski definition) is 1. The fraction of sp³-hybridized carbons (Fsp3) is 0.316. The van der Waals surface area contributed by atoms with Crippen molar-refractivity contribution < 1.29 is 13.9 Å². The number of nitrogens with zero attached hydrogens (tertiary/aromatic N) is 4. The highest BCUT2D eigenvalue weighted by Crippen LogP contribution is 2.18. The number of rotatable bonds is 5. The molecule has 1 aromatic carbocycles. The Balaban J connectivity index is 1.26. The molecule has 1 aliphatic rings. The first kappa shape index (κ1) is 17.4. The van der Waals surface area contributed by atoms with Gasteiger partial charge >= 0.3 is 0 Å². The van der Waals surface area contributed by atoms with Gasteiger partial charge in [-0.05, 0) is 25.0 Å². The predicted octanol–water partition coefficient (Wildman–Crippen LogP) is 2.35. The Bertz CT molecular complexity index is 937. The minimum Gasteiger partial charge on any atom is -0.474 e. The normalized spacial score (nSPS) is 15.7. The minimum atomic E-state index is -0.430. The quantitative estimate of drug-likeness (QED) is 0.748. The van der Waals surface area contributed by atoms with E-state index in [1.807, 2.05) is 17.2 Å². The van der Waals surface area contributed by atoms with Gasteiger partial charge in [0.05, 0.1) is 18.4 Å². The number of nitrogens with one attached hydrogen (secondary N) is 1. The van der Waals surface area contributed by atoms with Gasteiger partial charge in [0.1, 0.15) is 11.9 Å². The molecule has 0 atom stereocenters. The van der Waals surface area contributed by atoms with Crippen LogP contribution in [0.2, 0.25) is 0 Å². The molecule has 0 bridgehead atoms. The molecule has 0 aliphatic carbocycles. The number of likely N-dealkylation sites (tertiary alicyclic amines) is 1. The third-order valence-corrected chi connectivity index (χ3v) is 4.57. The average Bonchev–Trinajstić information content (AvgIpc) is 3.13. The van der Waals surface area contributed by atoms with Gasteiger partial charge in [-0.2, -0.15) is 10.1 Å². The molecular formula is C19H20FN5O2. The Labute approximate surface area is 155 Å². The lowest BCUT2D eigenvalue weighted by Crippen LogP contribution is -2.42. The fourth-order valence-corrected chi connectivity index (χ4v) is 3.17. The van der Waals surface area contributed by atoms with E-state index in [0.29, 0.717) is 5.88 Å². The van der Waals surface area contributed by atoms with Gasteiger partial charge in [0.25, 0.3) is 0 Å². The number of anilines is 1. The van der Waals surface area contributed by atoms with E-state index in [1.54, 1.807) is 35.0 Å². The molecule has 2 aromatic heterocycles. The number of amides is 1. The molecule has 0 unspecified atom stereocenters. The molecule has 7 nitrogen and oxygen atoms in total. The van der Waals surface area contributed by atoms with E-state index in [1.165, 1.54) is 6.07 Å². The van der Waals surface area contributed by atoms with Crippen LogP contribution in [0.25, 0.3) is 5.65 Å². The molecule has 1 aliphatic heterocycles. The van der Waals surface area contributed by atoms with Gasteiger partial charge in [0.15, 0.2) is 5.65 Å². The maximum absolute atomic E-state index is 13.6. The molecule has 1 fully saturated rings. The zero-order valence-corrected chi connectivity index (χ0v) is 14.7. The highest BCUT2D eigenvalue weighted by molar-refractivity contribution is 5.92. The highest BCUT2D eigenvalue weighted by atomic mass is 19.1. The van der Waals surface area contributed by atoms with Crippen molar-refractivity contribution in [2.24, 2.45) is 0 Å². The molecule has 1 saturated heterocycles. The van der Waals surface area contributed by atoms with Gasteiger partial charge in [-0.1, -0.05) is 12.1 Å². The maximum Gasteiger partial charge on any atom is 0.238 e. The Morgan fingerprint density at radius 2 is 2.04 bits per heavy atom. The summed E-state index contributed by atoms with van der Waals surface area (Å²) < 4.78 is 21.3. The molecule has 1 N–H and O–H groups in total. The molecule has 1 amide bonds. The van der Waals surface area contributed by atoms with Crippen molar-refractivity contribution in [3.05, 3.63) is 54.6 Å². The third-order valence-electron chi connectivity index (χ3n) is 4.57. The lowest BCUT2D eigenvalue weighted by Gasteiger charge is -2.31. The molecule has 0 spiro atoms. The number of piperidine rings is 1. The Morgan fingerprint density at radius 3 is 2.85 bits per heavy atom. The number of carbonyl (C=O) groups excluding carboxylic acids is 1. The standard InChI is InChI=1S/C19H20FN5O2/c20-15-3-1-2-4-16(15)22-18(26)13-24-10-6-14(7-11-24)27-19-8-12-25-17(23-19)5-9-21-25/h1-5,8-9,12,14H,6-7,10-11,13H2,(H,22,26). The molecule has 4 rings (SSSR count). The van der Waals surface area contributed by atoms with Gasteiger partial charge in [-0.15, -0.1) is 0 Å². The van der Waals surface area contributed by atoms with E-state index < -0.39 is 5.82 Å². The minimum absolute atomic E-state index is 0.0637. The van der Waals surface area contributed by atoms with Crippen LogP contribution in [0.5, 0.6) is 5.88 Å². The summed E-state index contributed by atoms with van der Waals surface area (Å²) in [4.78, 5) is 18.6. The largest absolute Gasteiger partial charge is 0.474 e. The summed E-state index contributed by atoms with van der Waals surface area (Å²) in [5.74, 6) is -0.0633. The number of aromatic nitrogens is 3. The first-order valence-electron chi connectivity index (χ1n) is 8.91. The van der Waals surface area contributed by atoms with Crippen molar-refractivity contribution in [3.8, 4) is 5.88 Å². The molecule has 27 heavy (non-hydrogen) atoms. The van der Waals surface area contributed by atoms with Crippen LogP contribution in [0.3, 0.4) is 0 Å². The highest BCUT2D eigenvalue weighted by Gasteiger charge is 2.22. The molecule has 0 radical (unpaired) electrons. The zero-order chi connectivity index (χ0) is 18.6. The summed E-state index contributed by atoms with van der Waals surface area (Å²) in [6.45, 7) is 1.72. The smallest absolute Gasteiger partial charge is 0.238 e. The van der Waals surface area contributed by atoms with Crippen LogP contribution in [0.4, 0.5) is 10.1 Å². The van der Waals surface area contributed by atoms with Crippen molar-refractivity contribution >= 4 is 17.2 Å². The van der Waals surface area contributed by atoms with Crippen LogP contribution in [0.1, 0.15) is 12.8 Å². The number of halogens is 1. The summed E-state index contributed by atoms with van der Waals surface area (Å²) in [6.07, 6.45) is 5.18. The van der Waals surface area contributed by atoms with Crippen LogP contribution in [0.15, 0.2) is 48.8 Å². The number of carbonyl (C=O) groups is 1. The van der Waals surface area contributed by atoms with Crippen LogP contribution < -0.4 is 10.1 Å². The van der Waals surface area contributed by atoms with Gasteiger partial charge in [-0.3, -0.25) is 9.69 Å². The Kier molecular flexibility index (Phi) is 4.97. The molecule has 140 valence electrons. The van der Waals surface area contributed by atoms with Crippen LogP contribution in [0, 0.1) is 5.82 Å². The zero-order valence-electron chi connectivity index (χ0n) is 14.7. The van der Waals surface area contributed by atoms with Crippen molar-refractivity contribution in [2.45, 2.75) is 18.9 Å². The van der Waals surface area contributed by atoms with Crippen molar-refractivity contribution in [2.75, 3.05) is 25.0 Å². The first-order chi connectivity index (χ1) is 13.2. The number of hydrogen-bond acceptors (Lipinski definition) is 5. The molecule has 3 aromatic rings. The van der Waals surface area contributed by atoms with Gasteiger partial charge in [0.2, 0.25) is 11.8 Å². The second-order valence-electron chi connectivity index (χ2n) is 6.52. The summed E-state index contributed by atoms with van der Waals surface area (Å²) in [6, 6.07) is 9.79. The SMILES string of the molecule is O=C(CN1CCC(Oc2ccn3nccc3n2)CC1)Nc1ccccc1F. The number of para-hydroxylation sites is 1. The second-order valence-corrected chi connectivity index (χ2v) is 6.52. The van der Waals surface area contributed by atoms with Crippen molar-refractivity contribution in [3.63, 3.8) is 0 Å². The van der Waals surface area contributed by atoms with Crippen LogP contribution in [-0.2, 0) is 4.79 Å². The third kappa shape index (κ3) is 4.22. The van der Waals surface area contributed by atoms with Crippen LogP contribution in [-0.4, -0.2) is 51.1 Å². The van der Waals surface area contributed by atoms with E-state index in [2.05, 4.69) is 15.4 Å². The van der Waals surface area contributed by atoms with Gasteiger partial charge in [0, 0.05) is 31.4 Å². The molecular weight excluding hydrogens is 349 g/mol. The van der Waals surface area contributed by atoms with E-state index in [9.17, 15) is 9.18 Å². The first-order valence-corrected chi connectivity index (χ1v) is 8.91. The van der Waals surface area contributed by atoms with E-state index in [0.717, 1.165) is 31.6 Å². The molecule has 0 saturated carbocycles. The summed E-state index contributed by atoms with van der Waals surface area (Å²) in [7, 11) is 0. The Morgan fingerprint density at radius 1 is 1.22 bits per heavy atom. The number of fused-ring (bicyclic) bond motifs is 1. The molecule has 3 heterocycles. The van der Waals surface area contributed by atoms with Crippen molar-refractivity contribution in [1.82, 2.24) is 19.5 Å². The number of benzene rings is 1. The number of ether oxygens (including phenoxy) is 1. The van der Waals surface area contributed by atoms with Crippen LogP contribution >= 0.6 is 0 Å². The second kappa shape index (κ2) is 7.71.